The molecule has 0 spiro atoms. The molecular weight excluding hydrogens is 250 g/mol. The van der Waals surface area contributed by atoms with E-state index in [2.05, 4.69) is 5.32 Å². The van der Waals surface area contributed by atoms with Crippen molar-refractivity contribution < 1.29 is 14.3 Å². The lowest BCUT2D eigenvalue weighted by atomic mass is 10.1. The van der Waals surface area contributed by atoms with Crippen molar-refractivity contribution in [2.24, 2.45) is 0 Å². The number of para-hydroxylation sites is 1. The fourth-order valence-corrected chi connectivity index (χ4v) is 2.50. The molecule has 3 rings (SSSR count). The fourth-order valence-electron chi connectivity index (χ4n) is 1.81. The largest absolute Gasteiger partial charge is 0.488 e. The number of carbonyl (C=O) groups is 2. The lowest BCUT2D eigenvalue weighted by Gasteiger charge is -2.15. The van der Waals surface area contributed by atoms with E-state index in [9.17, 15) is 9.59 Å². The van der Waals surface area contributed by atoms with Crippen molar-refractivity contribution in [2.75, 3.05) is 6.61 Å². The molecule has 0 radical (unpaired) electrons. The summed E-state index contributed by atoms with van der Waals surface area (Å²) in [6.45, 7) is 0.405. The van der Waals surface area contributed by atoms with Crippen LogP contribution in [0.2, 0.25) is 0 Å². The smallest absolute Gasteiger partial charge is 0.290 e. The second kappa shape index (κ2) is 4.34. The summed E-state index contributed by atoms with van der Waals surface area (Å²) in [5.74, 6) is 0.490. The Morgan fingerprint density at radius 1 is 1.28 bits per heavy atom. The van der Waals surface area contributed by atoms with Crippen LogP contribution in [0, 0.1) is 0 Å². The van der Waals surface area contributed by atoms with Gasteiger partial charge < -0.3 is 4.74 Å². The molecule has 1 saturated heterocycles. The monoisotopic (exact) mass is 259 g/mol. The standard InChI is InChI=1S/C13H9NO3S/c15-12-11(18-13(16)14-12)6-8-5-9-3-1-2-4-10(9)17-7-8/h1-6H,7H2,(H,14,15,16). The van der Waals surface area contributed by atoms with Crippen LogP contribution in [0.1, 0.15) is 5.56 Å². The summed E-state index contributed by atoms with van der Waals surface area (Å²) in [6.07, 6.45) is 3.66. The number of nitrogens with one attached hydrogen (secondary N) is 1. The number of benzene rings is 1. The molecule has 0 aliphatic carbocycles. The lowest BCUT2D eigenvalue weighted by molar-refractivity contribution is -0.115. The van der Waals surface area contributed by atoms with Crippen LogP contribution in [-0.4, -0.2) is 17.8 Å². The van der Waals surface area contributed by atoms with Crippen molar-refractivity contribution in [1.29, 1.82) is 0 Å². The van der Waals surface area contributed by atoms with E-state index in [1.54, 1.807) is 6.08 Å². The number of amides is 2. The zero-order valence-corrected chi connectivity index (χ0v) is 10.1. The first-order chi connectivity index (χ1) is 8.72. The Bertz CT molecular complexity index is 604. The van der Waals surface area contributed by atoms with Gasteiger partial charge in [-0.15, -0.1) is 0 Å². The van der Waals surface area contributed by atoms with Crippen molar-refractivity contribution in [2.45, 2.75) is 0 Å². The molecule has 0 atom stereocenters. The first-order valence-corrected chi connectivity index (χ1v) is 6.21. The van der Waals surface area contributed by atoms with E-state index in [-0.39, 0.29) is 11.1 Å². The highest BCUT2D eigenvalue weighted by atomic mass is 32.2. The molecule has 2 aliphatic rings. The minimum absolute atomic E-state index is 0.330. The number of ether oxygens (including phenoxy) is 1. The zero-order chi connectivity index (χ0) is 12.5. The van der Waals surface area contributed by atoms with Crippen LogP contribution in [0.15, 0.2) is 40.8 Å². The summed E-state index contributed by atoms with van der Waals surface area (Å²) in [7, 11) is 0. The minimum Gasteiger partial charge on any atom is -0.488 e. The summed E-state index contributed by atoms with van der Waals surface area (Å²) in [4.78, 5) is 22.9. The van der Waals surface area contributed by atoms with Crippen molar-refractivity contribution in [3.63, 3.8) is 0 Å². The summed E-state index contributed by atoms with van der Waals surface area (Å²) in [5, 5.41) is 1.89. The molecule has 0 aromatic heterocycles. The number of carbonyl (C=O) groups excluding carboxylic acids is 2. The van der Waals surface area contributed by atoms with Crippen LogP contribution in [0.3, 0.4) is 0 Å². The molecule has 4 nitrogen and oxygen atoms in total. The van der Waals surface area contributed by atoms with Crippen LogP contribution in [0.4, 0.5) is 4.79 Å². The van der Waals surface area contributed by atoms with Gasteiger partial charge in [-0.1, -0.05) is 18.2 Å². The predicted molar refractivity (Wildman–Crippen MR) is 69.1 cm³/mol. The van der Waals surface area contributed by atoms with E-state index in [1.807, 2.05) is 30.3 Å². The molecule has 1 N–H and O–H groups in total. The third-order valence-electron chi connectivity index (χ3n) is 2.61. The third kappa shape index (κ3) is 2.04. The predicted octanol–water partition coefficient (Wildman–Crippen LogP) is 2.33. The summed E-state index contributed by atoms with van der Waals surface area (Å²) >= 11 is 0.914. The first-order valence-electron chi connectivity index (χ1n) is 5.39. The first kappa shape index (κ1) is 11.1. The van der Waals surface area contributed by atoms with Gasteiger partial charge in [-0.25, -0.2) is 0 Å². The van der Waals surface area contributed by atoms with Crippen LogP contribution in [0.25, 0.3) is 6.08 Å². The quantitative estimate of drug-likeness (QED) is 0.786. The Labute approximate surface area is 108 Å². The van der Waals surface area contributed by atoms with Gasteiger partial charge in [0.15, 0.2) is 0 Å². The van der Waals surface area contributed by atoms with Crippen LogP contribution in [0.5, 0.6) is 5.75 Å². The van der Waals surface area contributed by atoms with Gasteiger partial charge in [0.2, 0.25) is 0 Å². The molecule has 2 amide bonds. The van der Waals surface area contributed by atoms with Gasteiger partial charge >= 0.3 is 0 Å². The van der Waals surface area contributed by atoms with E-state index in [1.165, 1.54) is 0 Å². The number of thioether (sulfide) groups is 1. The maximum Gasteiger partial charge on any atom is 0.290 e. The molecule has 1 fully saturated rings. The molecule has 18 heavy (non-hydrogen) atoms. The Balaban J connectivity index is 1.92. The number of hydrogen-bond donors (Lipinski definition) is 1. The van der Waals surface area contributed by atoms with Gasteiger partial charge in [0, 0.05) is 5.56 Å². The van der Waals surface area contributed by atoms with E-state index in [0.717, 1.165) is 28.6 Å². The van der Waals surface area contributed by atoms with Crippen molar-refractivity contribution in [3.8, 4) is 5.75 Å². The second-order valence-corrected chi connectivity index (χ2v) is 4.91. The average molecular weight is 259 g/mol. The normalized spacial score (nSPS) is 20.2. The molecule has 0 bridgehead atoms. The minimum atomic E-state index is -0.343. The van der Waals surface area contributed by atoms with Gasteiger partial charge in [0.25, 0.3) is 11.1 Å². The molecule has 5 heteroatoms. The maximum absolute atomic E-state index is 11.4. The van der Waals surface area contributed by atoms with E-state index >= 15 is 0 Å². The molecule has 2 aliphatic heterocycles. The molecule has 1 aromatic carbocycles. The summed E-state index contributed by atoms with van der Waals surface area (Å²) in [6, 6.07) is 7.68. The van der Waals surface area contributed by atoms with Crippen LogP contribution >= 0.6 is 11.8 Å². The lowest BCUT2D eigenvalue weighted by Crippen LogP contribution is -2.18. The Hall–Kier alpha value is -2.01. The Morgan fingerprint density at radius 2 is 2.11 bits per heavy atom. The zero-order valence-electron chi connectivity index (χ0n) is 9.30. The molecule has 0 saturated carbocycles. The Morgan fingerprint density at radius 3 is 2.89 bits per heavy atom. The Kier molecular flexibility index (Phi) is 2.68. The SMILES string of the molecule is O=C1NC(=O)C(=CC2=Cc3ccccc3OC2)S1. The fraction of sp³-hybridized carbons (Fsp3) is 0.0769. The molecular formula is C13H9NO3S. The third-order valence-corrected chi connectivity index (χ3v) is 3.42. The van der Waals surface area contributed by atoms with Crippen LogP contribution in [-0.2, 0) is 4.79 Å². The van der Waals surface area contributed by atoms with Crippen LogP contribution < -0.4 is 10.1 Å². The van der Waals surface area contributed by atoms with Gasteiger partial charge in [0.1, 0.15) is 12.4 Å². The number of hydrogen-bond acceptors (Lipinski definition) is 4. The van der Waals surface area contributed by atoms with Gasteiger partial charge in [-0.2, -0.15) is 0 Å². The van der Waals surface area contributed by atoms with Crippen molar-refractivity contribution >= 4 is 29.0 Å². The number of fused-ring (bicyclic) bond motifs is 1. The van der Waals surface area contributed by atoms with Gasteiger partial charge in [0.05, 0.1) is 4.91 Å². The molecule has 2 heterocycles. The van der Waals surface area contributed by atoms with Crippen molar-refractivity contribution in [3.05, 3.63) is 46.4 Å². The topological polar surface area (TPSA) is 55.4 Å². The highest BCUT2D eigenvalue weighted by Gasteiger charge is 2.25. The second-order valence-electron chi connectivity index (χ2n) is 3.90. The highest BCUT2D eigenvalue weighted by molar-refractivity contribution is 8.18. The summed E-state index contributed by atoms with van der Waals surface area (Å²) < 4.78 is 5.57. The van der Waals surface area contributed by atoms with Gasteiger partial charge in [-0.05, 0) is 35.6 Å². The van der Waals surface area contributed by atoms with Gasteiger partial charge in [-0.3, -0.25) is 14.9 Å². The highest BCUT2D eigenvalue weighted by Crippen LogP contribution is 2.29. The average Bonchev–Trinajstić information content (AvgIpc) is 2.68. The summed E-state index contributed by atoms with van der Waals surface area (Å²) in [5.41, 5.74) is 1.85. The number of imide groups is 1. The number of rotatable bonds is 1. The van der Waals surface area contributed by atoms with E-state index in [0.29, 0.717) is 11.5 Å². The maximum atomic E-state index is 11.4. The van der Waals surface area contributed by atoms with E-state index in [4.69, 9.17) is 4.74 Å². The molecule has 1 aromatic rings. The molecule has 0 unspecified atom stereocenters. The molecule has 90 valence electrons. The van der Waals surface area contributed by atoms with E-state index < -0.39 is 0 Å². The van der Waals surface area contributed by atoms with Crippen molar-refractivity contribution in [1.82, 2.24) is 5.32 Å².